The van der Waals surface area contributed by atoms with E-state index in [1.807, 2.05) is 12.3 Å². The Morgan fingerprint density at radius 1 is 1.36 bits per heavy atom. The first-order chi connectivity index (χ1) is 10.6. The van der Waals surface area contributed by atoms with Gasteiger partial charge in [0.25, 0.3) is 5.91 Å². The van der Waals surface area contributed by atoms with Crippen molar-refractivity contribution < 1.29 is 14.3 Å². The van der Waals surface area contributed by atoms with E-state index in [9.17, 15) is 9.59 Å². The smallest absolute Gasteiger partial charge is 0.253 e. The number of amides is 2. The molecule has 2 amide bonds. The van der Waals surface area contributed by atoms with Crippen LogP contribution in [0.3, 0.4) is 0 Å². The summed E-state index contributed by atoms with van der Waals surface area (Å²) >= 11 is 4.98. The lowest BCUT2D eigenvalue weighted by Crippen LogP contribution is -2.47. The fourth-order valence-electron chi connectivity index (χ4n) is 1.79. The average molecular weight is 389 g/mol. The second kappa shape index (κ2) is 10.6. The summed E-state index contributed by atoms with van der Waals surface area (Å²) in [5.41, 5.74) is 0.515. The maximum Gasteiger partial charge on any atom is 0.253 e. The van der Waals surface area contributed by atoms with E-state index in [1.165, 1.54) is 0 Å². The van der Waals surface area contributed by atoms with Crippen molar-refractivity contribution in [1.29, 1.82) is 0 Å². The van der Waals surface area contributed by atoms with Gasteiger partial charge >= 0.3 is 0 Å². The monoisotopic (exact) mass is 388 g/mol. The van der Waals surface area contributed by atoms with Crippen molar-refractivity contribution in [3.8, 4) is 0 Å². The molecule has 1 aromatic carbocycles. The molecule has 0 spiro atoms. The Labute approximate surface area is 143 Å². The van der Waals surface area contributed by atoms with Crippen molar-refractivity contribution in [3.05, 3.63) is 34.3 Å². The number of carbonyl (C=O) groups excluding carboxylic acids is 2. The summed E-state index contributed by atoms with van der Waals surface area (Å²) in [5, 5.41) is 5.56. The van der Waals surface area contributed by atoms with E-state index in [1.54, 1.807) is 37.1 Å². The second-order valence-corrected chi connectivity index (χ2v) is 6.41. The summed E-state index contributed by atoms with van der Waals surface area (Å²) in [6.45, 7) is 0.870. The van der Waals surface area contributed by atoms with E-state index in [0.717, 1.165) is 5.75 Å². The lowest BCUT2D eigenvalue weighted by molar-refractivity contribution is -0.123. The Balaban J connectivity index is 2.69. The predicted octanol–water partition coefficient (Wildman–Crippen LogP) is 2.06. The standard InChI is InChI=1S/C15H21BrN2O3S/c1-21-9-8-17-15(20)13(7-10-22-2)18-14(19)11-5-3-4-6-12(11)16/h3-6,13H,7-10H2,1-2H3,(H,17,20)(H,18,19). The minimum absolute atomic E-state index is 0.188. The van der Waals surface area contributed by atoms with Crippen molar-refractivity contribution in [2.24, 2.45) is 0 Å². The lowest BCUT2D eigenvalue weighted by Gasteiger charge is -2.18. The van der Waals surface area contributed by atoms with Crippen LogP contribution in [-0.4, -0.2) is 50.1 Å². The third-order valence-corrected chi connectivity index (χ3v) is 4.29. The van der Waals surface area contributed by atoms with E-state index < -0.39 is 6.04 Å². The number of hydrogen-bond donors (Lipinski definition) is 2. The number of ether oxygens (including phenoxy) is 1. The van der Waals surface area contributed by atoms with Crippen molar-refractivity contribution in [2.45, 2.75) is 12.5 Å². The van der Waals surface area contributed by atoms with Crippen LogP contribution in [0.5, 0.6) is 0 Å². The maximum absolute atomic E-state index is 12.3. The molecule has 0 saturated heterocycles. The van der Waals surface area contributed by atoms with Crippen molar-refractivity contribution in [2.75, 3.05) is 32.3 Å². The van der Waals surface area contributed by atoms with Gasteiger partial charge in [-0.3, -0.25) is 9.59 Å². The molecule has 0 saturated carbocycles. The quantitative estimate of drug-likeness (QED) is 0.635. The Morgan fingerprint density at radius 3 is 2.73 bits per heavy atom. The van der Waals surface area contributed by atoms with Gasteiger partial charge in [-0.1, -0.05) is 12.1 Å². The SMILES string of the molecule is COCCNC(=O)C(CCSC)NC(=O)c1ccccc1Br. The van der Waals surface area contributed by atoms with Crippen LogP contribution >= 0.6 is 27.7 Å². The highest BCUT2D eigenvalue weighted by molar-refractivity contribution is 9.10. The Hall–Kier alpha value is -1.05. The molecule has 0 aliphatic rings. The van der Waals surface area contributed by atoms with Crippen LogP contribution in [0.2, 0.25) is 0 Å². The van der Waals surface area contributed by atoms with Gasteiger partial charge in [-0.2, -0.15) is 11.8 Å². The van der Waals surface area contributed by atoms with Gasteiger partial charge in [0.2, 0.25) is 5.91 Å². The molecule has 1 rings (SSSR count). The van der Waals surface area contributed by atoms with Crippen LogP contribution in [-0.2, 0) is 9.53 Å². The highest BCUT2D eigenvalue weighted by Gasteiger charge is 2.21. The number of thioether (sulfide) groups is 1. The summed E-state index contributed by atoms with van der Waals surface area (Å²) in [6, 6.07) is 6.58. The largest absolute Gasteiger partial charge is 0.383 e. The van der Waals surface area contributed by atoms with Gasteiger partial charge in [0, 0.05) is 18.1 Å². The van der Waals surface area contributed by atoms with Gasteiger partial charge in [0.05, 0.1) is 12.2 Å². The molecule has 122 valence electrons. The third kappa shape index (κ3) is 6.37. The van der Waals surface area contributed by atoms with E-state index in [2.05, 4.69) is 26.6 Å². The highest BCUT2D eigenvalue weighted by Crippen LogP contribution is 2.16. The fourth-order valence-corrected chi connectivity index (χ4v) is 2.72. The van der Waals surface area contributed by atoms with E-state index in [4.69, 9.17) is 4.74 Å². The van der Waals surface area contributed by atoms with Crippen LogP contribution < -0.4 is 10.6 Å². The molecule has 7 heteroatoms. The molecule has 2 N–H and O–H groups in total. The summed E-state index contributed by atoms with van der Waals surface area (Å²) in [5.74, 6) is 0.338. The molecule has 0 bridgehead atoms. The van der Waals surface area contributed by atoms with Crippen molar-refractivity contribution in [1.82, 2.24) is 10.6 Å². The molecule has 1 atom stereocenters. The van der Waals surface area contributed by atoms with Crippen LogP contribution in [0.25, 0.3) is 0 Å². The summed E-state index contributed by atoms with van der Waals surface area (Å²) in [6.07, 6.45) is 2.55. The van der Waals surface area contributed by atoms with Crippen molar-refractivity contribution >= 4 is 39.5 Å². The molecular weight excluding hydrogens is 368 g/mol. The fraction of sp³-hybridized carbons (Fsp3) is 0.467. The van der Waals surface area contributed by atoms with Crippen LogP contribution in [0.1, 0.15) is 16.8 Å². The third-order valence-electron chi connectivity index (χ3n) is 2.96. The van der Waals surface area contributed by atoms with Gasteiger partial charge < -0.3 is 15.4 Å². The van der Waals surface area contributed by atoms with Crippen LogP contribution in [0.4, 0.5) is 0 Å². The molecule has 0 fully saturated rings. The van der Waals surface area contributed by atoms with Gasteiger partial charge in [-0.15, -0.1) is 0 Å². The van der Waals surface area contributed by atoms with Gasteiger partial charge in [-0.25, -0.2) is 0 Å². The molecule has 22 heavy (non-hydrogen) atoms. The molecule has 5 nitrogen and oxygen atoms in total. The number of benzene rings is 1. The molecule has 0 radical (unpaired) electrons. The lowest BCUT2D eigenvalue weighted by atomic mass is 10.1. The number of halogens is 1. The maximum atomic E-state index is 12.3. The minimum Gasteiger partial charge on any atom is -0.383 e. The molecule has 1 unspecified atom stereocenters. The second-order valence-electron chi connectivity index (χ2n) is 4.57. The normalized spacial score (nSPS) is 11.8. The van der Waals surface area contributed by atoms with E-state index >= 15 is 0 Å². The molecule has 1 aromatic rings. The van der Waals surface area contributed by atoms with Gasteiger partial charge in [0.15, 0.2) is 0 Å². The molecule has 0 heterocycles. The zero-order valence-corrected chi connectivity index (χ0v) is 15.1. The predicted molar refractivity (Wildman–Crippen MR) is 93.3 cm³/mol. The minimum atomic E-state index is -0.552. The average Bonchev–Trinajstić information content (AvgIpc) is 2.51. The van der Waals surface area contributed by atoms with Gasteiger partial charge in [0.1, 0.15) is 6.04 Å². The number of hydrogen-bond acceptors (Lipinski definition) is 4. The summed E-state index contributed by atoms with van der Waals surface area (Å²) in [7, 11) is 1.58. The summed E-state index contributed by atoms with van der Waals surface area (Å²) < 4.78 is 5.61. The topological polar surface area (TPSA) is 67.4 Å². The molecule has 0 aliphatic heterocycles. The number of carbonyl (C=O) groups is 2. The summed E-state index contributed by atoms with van der Waals surface area (Å²) in [4.78, 5) is 24.5. The zero-order valence-electron chi connectivity index (χ0n) is 12.7. The van der Waals surface area contributed by atoms with Crippen LogP contribution in [0, 0.1) is 0 Å². The van der Waals surface area contributed by atoms with E-state index in [0.29, 0.717) is 29.6 Å². The molecular formula is C15H21BrN2O3S. The zero-order chi connectivity index (χ0) is 16.4. The van der Waals surface area contributed by atoms with E-state index in [-0.39, 0.29) is 11.8 Å². The Morgan fingerprint density at radius 2 is 2.09 bits per heavy atom. The van der Waals surface area contributed by atoms with Crippen LogP contribution in [0.15, 0.2) is 28.7 Å². The number of nitrogens with one attached hydrogen (secondary N) is 2. The Kier molecular flexibility index (Phi) is 9.19. The van der Waals surface area contributed by atoms with Gasteiger partial charge in [-0.05, 0) is 46.5 Å². The molecule has 0 aliphatic carbocycles. The number of methoxy groups -OCH3 is 1. The van der Waals surface area contributed by atoms with Crippen molar-refractivity contribution in [3.63, 3.8) is 0 Å². The first-order valence-electron chi connectivity index (χ1n) is 6.91. The first kappa shape index (κ1) is 19.0. The first-order valence-corrected chi connectivity index (χ1v) is 9.09. The molecule has 0 aromatic heterocycles. The highest BCUT2D eigenvalue weighted by atomic mass is 79.9. The number of rotatable bonds is 9. The Bertz CT molecular complexity index is 499.